The van der Waals surface area contributed by atoms with Gasteiger partial charge in [0.25, 0.3) is 0 Å². The molecule has 0 aliphatic carbocycles. The summed E-state index contributed by atoms with van der Waals surface area (Å²) in [5.41, 5.74) is 2.67. The number of methoxy groups -OCH3 is 2. The van der Waals surface area contributed by atoms with Gasteiger partial charge in [-0.25, -0.2) is 0 Å². The summed E-state index contributed by atoms with van der Waals surface area (Å²) in [5, 5.41) is 0. The topological polar surface area (TPSA) is 18.5 Å². The Morgan fingerprint density at radius 1 is 1.07 bits per heavy atom. The van der Waals surface area contributed by atoms with Crippen molar-refractivity contribution >= 4 is 15.9 Å². The van der Waals surface area contributed by atoms with Crippen LogP contribution in [0.25, 0.3) is 0 Å². The zero-order valence-corrected chi connectivity index (χ0v) is 10.8. The van der Waals surface area contributed by atoms with Gasteiger partial charge in [0.1, 0.15) is 0 Å². The molecule has 0 aromatic heterocycles. The van der Waals surface area contributed by atoms with Gasteiger partial charge in [0.05, 0.1) is 13.2 Å². The van der Waals surface area contributed by atoms with E-state index >= 15 is 0 Å². The van der Waals surface area contributed by atoms with Crippen molar-refractivity contribution in [2.75, 3.05) is 27.4 Å². The van der Waals surface area contributed by atoms with Crippen LogP contribution in [-0.4, -0.2) is 27.4 Å². The lowest BCUT2D eigenvalue weighted by atomic mass is 10.0. The van der Waals surface area contributed by atoms with Crippen molar-refractivity contribution < 1.29 is 9.47 Å². The molecule has 0 atom stereocenters. The fraction of sp³-hybridized carbons (Fsp3) is 0.500. The lowest BCUT2D eigenvalue weighted by Gasteiger charge is -2.10. The van der Waals surface area contributed by atoms with Gasteiger partial charge in [0.15, 0.2) is 0 Å². The van der Waals surface area contributed by atoms with Crippen LogP contribution >= 0.6 is 15.9 Å². The van der Waals surface area contributed by atoms with Crippen LogP contribution in [-0.2, 0) is 22.3 Å². The zero-order chi connectivity index (χ0) is 11.1. The molecule has 0 unspecified atom stereocenters. The van der Waals surface area contributed by atoms with Gasteiger partial charge in [-0.3, -0.25) is 0 Å². The lowest BCUT2D eigenvalue weighted by molar-refractivity contribution is 0.198. The fourth-order valence-corrected chi connectivity index (χ4v) is 2.14. The molecule has 0 saturated heterocycles. The highest BCUT2D eigenvalue weighted by Crippen LogP contribution is 2.21. The second-order valence-electron chi connectivity index (χ2n) is 3.36. The van der Waals surface area contributed by atoms with Crippen molar-refractivity contribution in [2.45, 2.75) is 12.8 Å². The third kappa shape index (κ3) is 3.93. The Balaban J connectivity index is 2.77. The lowest BCUT2D eigenvalue weighted by Crippen LogP contribution is -2.03. The quantitative estimate of drug-likeness (QED) is 0.793. The van der Waals surface area contributed by atoms with E-state index in [1.165, 1.54) is 11.1 Å². The smallest absolute Gasteiger partial charge is 0.0503 e. The van der Waals surface area contributed by atoms with Gasteiger partial charge < -0.3 is 9.47 Å². The molecular weight excluding hydrogens is 256 g/mol. The fourth-order valence-electron chi connectivity index (χ4n) is 1.53. The van der Waals surface area contributed by atoms with Gasteiger partial charge in [0.2, 0.25) is 0 Å². The minimum atomic E-state index is 0.753. The van der Waals surface area contributed by atoms with Crippen LogP contribution < -0.4 is 0 Å². The molecular formula is C12H17BrO2. The average Bonchev–Trinajstić information content (AvgIpc) is 2.25. The number of rotatable bonds is 6. The van der Waals surface area contributed by atoms with E-state index in [9.17, 15) is 0 Å². The number of halogens is 1. The van der Waals surface area contributed by atoms with Crippen LogP contribution in [0.15, 0.2) is 22.7 Å². The molecule has 0 radical (unpaired) electrons. The predicted octanol–water partition coefficient (Wildman–Crippen LogP) is 2.83. The minimum Gasteiger partial charge on any atom is -0.384 e. The van der Waals surface area contributed by atoms with Crippen LogP contribution in [0.5, 0.6) is 0 Å². The summed E-state index contributed by atoms with van der Waals surface area (Å²) in [7, 11) is 3.46. The Labute approximate surface area is 99.7 Å². The molecule has 0 aliphatic heterocycles. The zero-order valence-electron chi connectivity index (χ0n) is 9.25. The van der Waals surface area contributed by atoms with Crippen LogP contribution in [0.3, 0.4) is 0 Å². The Kier molecular flexibility index (Phi) is 5.91. The van der Waals surface area contributed by atoms with Gasteiger partial charge in [-0.15, -0.1) is 0 Å². The molecule has 1 aromatic carbocycles. The molecule has 2 nitrogen and oxygen atoms in total. The molecule has 0 spiro atoms. The van der Waals surface area contributed by atoms with Gasteiger partial charge >= 0.3 is 0 Å². The summed E-state index contributed by atoms with van der Waals surface area (Å²) in [6.07, 6.45) is 1.89. The number of hydrogen-bond donors (Lipinski definition) is 0. The first-order chi connectivity index (χ1) is 7.29. The van der Waals surface area contributed by atoms with E-state index in [1.54, 1.807) is 14.2 Å². The molecule has 0 N–H and O–H groups in total. The largest absolute Gasteiger partial charge is 0.384 e. The molecule has 15 heavy (non-hydrogen) atoms. The SMILES string of the molecule is COCCc1cccc(Br)c1CCOC. The number of ether oxygens (including phenoxy) is 2. The molecule has 0 bridgehead atoms. The minimum absolute atomic E-state index is 0.753. The Bertz CT molecular complexity index is 300. The summed E-state index contributed by atoms with van der Waals surface area (Å²) < 4.78 is 11.4. The standard InChI is InChI=1S/C12H17BrO2/c1-14-8-6-10-4-3-5-12(13)11(10)7-9-15-2/h3-5H,6-9H2,1-2H3. The van der Waals surface area contributed by atoms with Crippen molar-refractivity contribution in [3.8, 4) is 0 Å². The molecule has 0 saturated carbocycles. The number of hydrogen-bond acceptors (Lipinski definition) is 2. The van der Waals surface area contributed by atoms with Crippen molar-refractivity contribution in [1.29, 1.82) is 0 Å². The molecule has 1 aromatic rings. The first kappa shape index (κ1) is 12.7. The van der Waals surface area contributed by atoms with E-state index in [0.717, 1.165) is 30.5 Å². The maximum atomic E-state index is 5.11. The maximum absolute atomic E-state index is 5.11. The molecule has 1 rings (SSSR count). The monoisotopic (exact) mass is 272 g/mol. The van der Waals surface area contributed by atoms with E-state index in [2.05, 4.69) is 34.1 Å². The third-order valence-corrected chi connectivity index (χ3v) is 3.09. The van der Waals surface area contributed by atoms with Gasteiger partial charge in [-0.1, -0.05) is 28.1 Å². The highest BCUT2D eigenvalue weighted by Gasteiger charge is 2.05. The van der Waals surface area contributed by atoms with Crippen LogP contribution in [0.4, 0.5) is 0 Å². The van der Waals surface area contributed by atoms with Crippen molar-refractivity contribution in [2.24, 2.45) is 0 Å². The van der Waals surface area contributed by atoms with Crippen molar-refractivity contribution in [3.63, 3.8) is 0 Å². The van der Waals surface area contributed by atoms with Gasteiger partial charge in [-0.05, 0) is 30.0 Å². The first-order valence-corrected chi connectivity index (χ1v) is 5.83. The molecule has 0 amide bonds. The molecule has 84 valence electrons. The average molecular weight is 273 g/mol. The second kappa shape index (κ2) is 6.99. The summed E-state index contributed by atoms with van der Waals surface area (Å²) in [6, 6.07) is 6.28. The maximum Gasteiger partial charge on any atom is 0.0503 e. The predicted molar refractivity (Wildman–Crippen MR) is 65.3 cm³/mol. The Hall–Kier alpha value is -0.380. The van der Waals surface area contributed by atoms with Crippen molar-refractivity contribution in [1.82, 2.24) is 0 Å². The third-order valence-electron chi connectivity index (χ3n) is 2.35. The Morgan fingerprint density at radius 3 is 2.40 bits per heavy atom. The highest BCUT2D eigenvalue weighted by atomic mass is 79.9. The van der Waals surface area contributed by atoms with E-state index < -0.39 is 0 Å². The molecule has 0 aliphatic rings. The van der Waals surface area contributed by atoms with Crippen LogP contribution in [0, 0.1) is 0 Å². The molecule has 0 heterocycles. The highest BCUT2D eigenvalue weighted by molar-refractivity contribution is 9.10. The summed E-state index contributed by atoms with van der Waals surface area (Å²) in [6.45, 7) is 1.51. The molecule has 3 heteroatoms. The van der Waals surface area contributed by atoms with E-state index in [-0.39, 0.29) is 0 Å². The Morgan fingerprint density at radius 2 is 1.73 bits per heavy atom. The van der Waals surface area contributed by atoms with Crippen molar-refractivity contribution in [3.05, 3.63) is 33.8 Å². The van der Waals surface area contributed by atoms with E-state index in [4.69, 9.17) is 9.47 Å². The van der Waals surface area contributed by atoms with Crippen LogP contribution in [0.2, 0.25) is 0 Å². The summed E-state index contributed by atoms with van der Waals surface area (Å²) in [5.74, 6) is 0. The van der Waals surface area contributed by atoms with Crippen LogP contribution in [0.1, 0.15) is 11.1 Å². The first-order valence-electron chi connectivity index (χ1n) is 5.03. The molecule has 0 fully saturated rings. The van der Waals surface area contributed by atoms with Gasteiger partial charge in [0, 0.05) is 18.7 Å². The summed E-state index contributed by atoms with van der Waals surface area (Å²) >= 11 is 3.57. The second-order valence-corrected chi connectivity index (χ2v) is 4.22. The normalized spacial score (nSPS) is 10.6. The summed E-state index contributed by atoms with van der Waals surface area (Å²) in [4.78, 5) is 0. The number of benzene rings is 1. The van der Waals surface area contributed by atoms with Gasteiger partial charge in [-0.2, -0.15) is 0 Å². The van der Waals surface area contributed by atoms with E-state index in [0.29, 0.717) is 0 Å². The van der Waals surface area contributed by atoms with E-state index in [1.807, 2.05) is 0 Å².